The van der Waals surface area contributed by atoms with Gasteiger partial charge in [0.2, 0.25) is 5.91 Å². The Morgan fingerprint density at radius 1 is 1.41 bits per heavy atom. The van der Waals surface area contributed by atoms with Crippen LogP contribution in [0.1, 0.15) is 13.8 Å². The Morgan fingerprint density at radius 3 is 2.41 bits per heavy atom. The molecule has 0 bridgehead atoms. The minimum absolute atomic E-state index is 0.0281. The van der Waals surface area contributed by atoms with Gasteiger partial charge in [-0.2, -0.15) is 13.2 Å². The van der Waals surface area contributed by atoms with Gasteiger partial charge in [-0.3, -0.25) is 14.5 Å². The Bertz CT molecular complexity index is 538. The lowest BCUT2D eigenvalue weighted by molar-refractivity contribution is -0.141. The molecule has 1 aliphatic rings. The van der Waals surface area contributed by atoms with Gasteiger partial charge in [0.25, 0.3) is 0 Å². The zero-order valence-electron chi connectivity index (χ0n) is 14.9. The molecule has 0 aromatic heterocycles. The number of rotatable bonds is 5. The molecule has 0 aromatic carbocycles. The molecule has 2 amide bonds. The molecule has 27 heavy (non-hydrogen) atoms. The van der Waals surface area contributed by atoms with Crippen molar-refractivity contribution in [3.05, 3.63) is 12.7 Å². The van der Waals surface area contributed by atoms with E-state index >= 15 is 0 Å². The predicted octanol–water partition coefficient (Wildman–Crippen LogP) is 1.51. The van der Waals surface area contributed by atoms with Crippen molar-refractivity contribution in [2.75, 3.05) is 32.8 Å². The molecule has 1 saturated heterocycles. The predicted molar refractivity (Wildman–Crippen MR) is 94.6 cm³/mol. The molecule has 1 fully saturated rings. The van der Waals surface area contributed by atoms with E-state index in [0.29, 0.717) is 6.54 Å². The smallest absolute Gasteiger partial charge is 0.410 e. The van der Waals surface area contributed by atoms with Crippen LogP contribution in [0.4, 0.5) is 18.0 Å². The summed E-state index contributed by atoms with van der Waals surface area (Å²) in [6, 6.07) is -1.02. The molecule has 12 heteroatoms. The van der Waals surface area contributed by atoms with Gasteiger partial charge in [0, 0.05) is 19.6 Å². The van der Waals surface area contributed by atoms with Gasteiger partial charge >= 0.3 is 18.2 Å². The van der Waals surface area contributed by atoms with Gasteiger partial charge < -0.3 is 20.5 Å². The summed E-state index contributed by atoms with van der Waals surface area (Å²) in [6.07, 6.45) is -3.89. The van der Waals surface area contributed by atoms with Crippen LogP contribution in [-0.2, 0) is 14.3 Å². The first-order chi connectivity index (χ1) is 12.3. The third kappa shape index (κ3) is 10.8. The fourth-order valence-corrected chi connectivity index (χ4v) is 1.68. The zero-order valence-corrected chi connectivity index (χ0v) is 16.5. The van der Waals surface area contributed by atoms with Crippen molar-refractivity contribution in [3.63, 3.8) is 0 Å². The highest BCUT2D eigenvalue weighted by Gasteiger charge is 2.35. The summed E-state index contributed by atoms with van der Waals surface area (Å²) in [4.78, 5) is 34.5. The van der Waals surface area contributed by atoms with E-state index < -0.39 is 41.1 Å². The summed E-state index contributed by atoms with van der Waals surface area (Å²) in [6.45, 7) is 5.77. The first-order valence-electron chi connectivity index (χ1n) is 7.81. The molecule has 1 heterocycles. The lowest BCUT2D eigenvalue weighted by atomic mass is 10.2. The first kappa shape index (κ1) is 25.2. The van der Waals surface area contributed by atoms with E-state index in [0.717, 1.165) is 4.90 Å². The number of piperazine rings is 1. The maximum absolute atomic E-state index is 12.1. The second kappa shape index (κ2) is 11.1. The number of ether oxygens (including phenoxy) is 1. The number of hydrogen-bond acceptors (Lipinski definition) is 5. The fraction of sp³-hybridized carbons (Fsp3) is 0.667. The molecule has 0 radical (unpaired) electrons. The number of carbonyl (C=O) groups excluding carboxylic acids is 2. The summed E-state index contributed by atoms with van der Waals surface area (Å²) in [5.74, 6) is -1.71. The molecule has 156 valence electrons. The highest BCUT2D eigenvalue weighted by atomic mass is 79.9. The quantitative estimate of drug-likeness (QED) is 0.423. The lowest BCUT2D eigenvalue weighted by Gasteiger charge is -2.34. The monoisotopic (exact) mass is 461 g/mol. The number of aliphatic carboxylic acids is 1. The van der Waals surface area contributed by atoms with Crippen LogP contribution >= 0.6 is 15.9 Å². The van der Waals surface area contributed by atoms with E-state index in [1.165, 1.54) is 6.08 Å². The minimum Gasteiger partial charge on any atom is -0.480 e. The second-order valence-electron chi connectivity index (χ2n) is 5.89. The van der Waals surface area contributed by atoms with Crippen LogP contribution < -0.4 is 10.6 Å². The average molecular weight is 462 g/mol. The molecule has 1 atom stereocenters. The van der Waals surface area contributed by atoms with Crippen LogP contribution in [-0.4, -0.2) is 77.3 Å². The largest absolute Gasteiger partial charge is 0.480 e. The number of carboxylic acid groups (broad SMARTS) is 1. The molecular formula is C15H23BrF3N3O5. The molecule has 0 unspecified atom stereocenters. The van der Waals surface area contributed by atoms with Gasteiger partial charge in [-0.05, 0) is 13.8 Å². The topological polar surface area (TPSA) is 108 Å². The number of nitrogens with one attached hydrogen (secondary N) is 2. The molecule has 8 nitrogen and oxygen atoms in total. The molecule has 0 saturated carbocycles. The highest BCUT2D eigenvalue weighted by molar-refractivity contribution is 9.10. The third-order valence-electron chi connectivity index (χ3n) is 3.08. The zero-order chi connectivity index (χ0) is 21.3. The third-order valence-corrected chi connectivity index (χ3v) is 3.42. The minimum atomic E-state index is -4.49. The Labute approximate surface area is 163 Å². The number of alkyl halides is 4. The highest BCUT2D eigenvalue weighted by Crippen LogP contribution is 2.14. The van der Waals surface area contributed by atoms with Crippen molar-refractivity contribution in [2.24, 2.45) is 0 Å². The van der Waals surface area contributed by atoms with Gasteiger partial charge in [-0.1, -0.05) is 28.6 Å². The van der Waals surface area contributed by atoms with Crippen molar-refractivity contribution in [2.45, 2.75) is 30.4 Å². The van der Waals surface area contributed by atoms with E-state index in [2.05, 4.69) is 27.8 Å². The number of hydrogen-bond donors (Lipinski definition) is 3. The molecule has 1 rings (SSSR count). The lowest BCUT2D eigenvalue weighted by Crippen LogP contribution is -2.60. The van der Waals surface area contributed by atoms with Crippen LogP contribution in [0.3, 0.4) is 0 Å². The summed E-state index contributed by atoms with van der Waals surface area (Å²) < 4.78 is 40.2. The number of carboxylic acids is 1. The second-order valence-corrected chi connectivity index (χ2v) is 7.87. The molecule has 0 aliphatic carbocycles. The fourth-order valence-electron chi connectivity index (χ4n) is 1.68. The number of amides is 2. The van der Waals surface area contributed by atoms with Gasteiger partial charge in [0.1, 0.15) is 23.5 Å². The Kier molecular flexibility index (Phi) is 10.4. The molecular weight excluding hydrogens is 439 g/mol. The van der Waals surface area contributed by atoms with Crippen molar-refractivity contribution >= 4 is 33.9 Å². The molecule has 0 aromatic rings. The van der Waals surface area contributed by atoms with Crippen molar-refractivity contribution in [1.82, 2.24) is 15.5 Å². The SMILES string of the molecule is C=CCOC(=O)N1CCNC[C@H]1C(=O)NCC(F)(F)F.CC(C)(Br)C(=O)O. The van der Waals surface area contributed by atoms with Crippen LogP contribution in [0.15, 0.2) is 12.7 Å². The number of carbonyl (C=O) groups is 3. The summed E-state index contributed by atoms with van der Waals surface area (Å²) >= 11 is 2.94. The van der Waals surface area contributed by atoms with Gasteiger partial charge in [-0.25, -0.2) is 4.79 Å². The van der Waals surface area contributed by atoms with E-state index in [1.807, 2.05) is 0 Å². The summed E-state index contributed by atoms with van der Waals surface area (Å²) in [5, 5.41) is 12.8. The normalized spacial score (nSPS) is 17.3. The maximum atomic E-state index is 12.1. The first-order valence-corrected chi connectivity index (χ1v) is 8.60. The molecule has 3 N–H and O–H groups in total. The molecule has 1 aliphatic heterocycles. The average Bonchev–Trinajstić information content (AvgIpc) is 2.56. The van der Waals surface area contributed by atoms with E-state index in [4.69, 9.17) is 9.84 Å². The molecule has 0 spiro atoms. The Hall–Kier alpha value is -1.82. The maximum Gasteiger partial charge on any atom is 0.410 e. The summed E-state index contributed by atoms with van der Waals surface area (Å²) in [7, 11) is 0. The van der Waals surface area contributed by atoms with Crippen LogP contribution in [0.25, 0.3) is 0 Å². The van der Waals surface area contributed by atoms with E-state index in [-0.39, 0.29) is 19.7 Å². The van der Waals surface area contributed by atoms with E-state index in [9.17, 15) is 27.6 Å². The number of halogens is 4. The van der Waals surface area contributed by atoms with Crippen molar-refractivity contribution in [1.29, 1.82) is 0 Å². The van der Waals surface area contributed by atoms with Crippen molar-refractivity contribution < 1.29 is 37.4 Å². The van der Waals surface area contributed by atoms with Crippen LogP contribution in [0.5, 0.6) is 0 Å². The van der Waals surface area contributed by atoms with Crippen molar-refractivity contribution in [3.8, 4) is 0 Å². The van der Waals surface area contributed by atoms with Gasteiger partial charge in [0.05, 0.1) is 0 Å². The number of nitrogens with zero attached hydrogens (tertiary/aromatic N) is 1. The Morgan fingerprint density at radius 2 is 1.96 bits per heavy atom. The van der Waals surface area contributed by atoms with Gasteiger partial charge in [-0.15, -0.1) is 0 Å². The van der Waals surface area contributed by atoms with E-state index in [1.54, 1.807) is 19.2 Å². The van der Waals surface area contributed by atoms with Crippen LogP contribution in [0.2, 0.25) is 0 Å². The standard InChI is InChI=1S/C11H16F3N3O3.C4H7BrO2/c1-2-5-20-10(19)17-4-3-15-6-8(17)9(18)16-7-11(12,13)14;1-4(2,5)3(6)7/h2,8,15H,1,3-7H2,(H,16,18);1-2H3,(H,6,7)/t8-;/m0./s1. The van der Waals surface area contributed by atoms with Gasteiger partial charge in [0.15, 0.2) is 0 Å². The summed E-state index contributed by atoms with van der Waals surface area (Å²) in [5.41, 5.74) is 0. The Balaban J connectivity index is 0.000000821. The van der Waals surface area contributed by atoms with Crippen LogP contribution in [0, 0.1) is 0 Å².